The van der Waals surface area contributed by atoms with Gasteiger partial charge in [0.1, 0.15) is 11.4 Å². The van der Waals surface area contributed by atoms with Gasteiger partial charge in [0.15, 0.2) is 0 Å². The highest BCUT2D eigenvalue weighted by Crippen LogP contribution is 2.45. The summed E-state index contributed by atoms with van der Waals surface area (Å²) >= 11 is 0. The number of rotatable bonds is 5. The zero-order chi connectivity index (χ0) is 22.6. The van der Waals surface area contributed by atoms with E-state index < -0.39 is 5.60 Å². The monoisotopic (exact) mass is 421 g/mol. The van der Waals surface area contributed by atoms with Crippen LogP contribution in [0.3, 0.4) is 0 Å². The van der Waals surface area contributed by atoms with Crippen LogP contribution >= 0.6 is 0 Å². The molecule has 1 saturated carbocycles. The van der Waals surface area contributed by atoms with Crippen LogP contribution in [0.15, 0.2) is 54.1 Å². The molecular formula is C28H39NO2. The van der Waals surface area contributed by atoms with Crippen LogP contribution in [-0.2, 0) is 11.0 Å². The van der Waals surface area contributed by atoms with E-state index in [0.717, 1.165) is 54.7 Å². The molecule has 0 aromatic heterocycles. The van der Waals surface area contributed by atoms with Crippen LogP contribution in [0.1, 0.15) is 63.1 Å². The lowest BCUT2D eigenvalue weighted by molar-refractivity contribution is 0.000460. The first kappa shape index (κ1) is 23.6. The number of hydrogen-bond donors (Lipinski definition) is 1. The van der Waals surface area contributed by atoms with Gasteiger partial charge >= 0.3 is 0 Å². The Morgan fingerprint density at radius 3 is 2.42 bits per heavy atom. The SMILES string of the molecule is COc1cccc(/C=C2\CCCCC(CN(C)C)C2(O)c2ccc(C(C)(C)C)cc2)c1. The molecule has 168 valence electrons. The maximum absolute atomic E-state index is 12.4. The molecule has 1 aliphatic carbocycles. The third-order valence-electron chi connectivity index (χ3n) is 6.54. The van der Waals surface area contributed by atoms with Gasteiger partial charge in [-0.3, -0.25) is 0 Å². The van der Waals surface area contributed by atoms with Crippen LogP contribution < -0.4 is 4.74 Å². The fourth-order valence-electron chi connectivity index (χ4n) is 4.79. The van der Waals surface area contributed by atoms with Gasteiger partial charge < -0.3 is 14.7 Å². The second-order valence-electron chi connectivity index (χ2n) is 10.2. The normalized spacial score (nSPS) is 23.7. The zero-order valence-corrected chi connectivity index (χ0v) is 20.1. The van der Waals surface area contributed by atoms with Gasteiger partial charge in [-0.1, -0.05) is 69.7 Å². The van der Waals surface area contributed by atoms with Crippen molar-refractivity contribution >= 4 is 6.08 Å². The molecule has 3 heteroatoms. The van der Waals surface area contributed by atoms with Crippen LogP contribution in [0.5, 0.6) is 5.75 Å². The maximum atomic E-state index is 12.4. The topological polar surface area (TPSA) is 32.7 Å². The lowest BCUT2D eigenvalue weighted by Crippen LogP contribution is -2.41. The van der Waals surface area contributed by atoms with Crippen LogP contribution in [0, 0.1) is 5.92 Å². The standard InChI is InChI=1S/C28H39NO2/c1-27(2,3)22-14-16-23(17-15-22)28(30)24(11-7-8-12-25(28)20-29(4)5)18-21-10-9-13-26(19-21)31-6/h9-10,13-19,25,30H,7-8,11-12,20H2,1-6H3/b24-18+. The number of benzene rings is 2. The molecule has 3 nitrogen and oxygen atoms in total. The zero-order valence-electron chi connectivity index (χ0n) is 20.1. The summed E-state index contributed by atoms with van der Waals surface area (Å²) in [4.78, 5) is 2.20. The van der Waals surface area contributed by atoms with Crippen molar-refractivity contribution in [3.05, 3.63) is 70.8 Å². The van der Waals surface area contributed by atoms with Crippen molar-refractivity contribution in [2.24, 2.45) is 5.92 Å². The minimum Gasteiger partial charge on any atom is -0.497 e. The van der Waals surface area contributed by atoms with Gasteiger partial charge in [0, 0.05) is 12.5 Å². The molecule has 2 unspecified atom stereocenters. The van der Waals surface area contributed by atoms with Crippen molar-refractivity contribution in [2.45, 2.75) is 57.5 Å². The summed E-state index contributed by atoms with van der Waals surface area (Å²) in [5.74, 6) is 0.980. The second-order valence-corrected chi connectivity index (χ2v) is 10.2. The fraction of sp³-hybridized carbons (Fsp3) is 0.500. The van der Waals surface area contributed by atoms with Gasteiger partial charge in [-0.05, 0) is 73.2 Å². The van der Waals surface area contributed by atoms with E-state index in [2.05, 4.69) is 76.2 Å². The first-order valence-electron chi connectivity index (χ1n) is 11.5. The van der Waals surface area contributed by atoms with E-state index in [1.807, 2.05) is 18.2 Å². The second kappa shape index (κ2) is 9.58. The number of ether oxygens (including phenoxy) is 1. The Morgan fingerprint density at radius 1 is 1.10 bits per heavy atom. The number of nitrogens with zero attached hydrogens (tertiary/aromatic N) is 1. The molecule has 2 aromatic rings. The van der Waals surface area contributed by atoms with E-state index in [0.29, 0.717) is 0 Å². The van der Waals surface area contributed by atoms with E-state index in [-0.39, 0.29) is 11.3 Å². The minimum atomic E-state index is -0.986. The first-order chi connectivity index (χ1) is 14.6. The third kappa shape index (κ3) is 5.39. The van der Waals surface area contributed by atoms with Crippen LogP contribution in [0.25, 0.3) is 6.08 Å². The number of aliphatic hydroxyl groups is 1. The van der Waals surface area contributed by atoms with Gasteiger partial charge in [0.2, 0.25) is 0 Å². The van der Waals surface area contributed by atoms with Crippen LogP contribution in [-0.4, -0.2) is 37.8 Å². The first-order valence-corrected chi connectivity index (χ1v) is 11.5. The average molecular weight is 422 g/mol. The molecule has 0 amide bonds. The van der Waals surface area contributed by atoms with Crippen LogP contribution in [0.4, 0.5) is 0 Å². The molecule has 1 aliphatic rings. The van der Waals surface area contributed by atoms with Gasteiger partial charge in [-0.2, -0.15) is 0 Å². The van der Waals surface area contributed by atoms with Gasteiger partial charge in [0.25, 0.3) is 0 Å². The maximum Gasteiger partial charge on any atom is 0.119 e. The van der Waals surface area contributed by atoms with Crippen molar-refractivity contribution < 1.29 is 9.84 Å². The van der Waals surface area contributed by atoms with Crippen molar-refractivity contribution in [3.8, 4) is 5.75 Å². The van der Waals surface area contributed by atoms with E-state index in [1.54, 1.807) is 7.11 Å². The fourth-order valence-corrected chi connectivity index (χ4v) is 4.79. The predicted molar refractivity (Wildman–Crippen MR) is 131 cm³/mol. The molecule has 0 radical (unpaired) electrons. The average Bonchev–Trinajstić information content (AvgIpc) is 2.87. The quantitative estimate of drug-likeness (QED) is 0.600. The lowest BCUT2D eigenvalue weighted by Gasteiger charge is -2.39. The summed E-state index contributed by atoms with van der Waals surface area (Å²) in [6, 6.07) is 16.8. The van der Waals surface area contributed by atoms with Gasteiger partial charge in [-0.25, -0.2) is 0 Å². The van der Waals surface area contributed by atoms with Gasteiger partial charge in [-0.15, -0.1) is 0 Å². The summed E-state index contributed by atoms with van der Waals surface area (Å²) in [6.45, 7) is 7.54. The molecule has 0 heterocycles. The van der Waals surface area contributed by atoms with E-state index in [4.69, 9.17) is 4.74 Å². The highest BCUT2D eigenvalue weighted by molar-refractivity contribution is 5.58. The smallest absolute Gasteiger partial charge is 0.119 e. The molecular weight excluding hydrogens is 382 g/mol. The van der Waals surface area contributed by atoms with Crippen molar-refractivity contribution in [1.82, 2.24) is 4.90 Å². The van der Waals surface area contributed by atoms with Gasteiger partial charge in [0.05, 0.1) is 7.11 Å². The number of hydrogen-bond acceptors (Lipinski definition) is 3. The summed E-state index contributed by atoms with van der Waals surface area (Å²) in [6.07, 6.45) is 6.34. The Hall–Kier alpha value is -2.10. The molecule has 0 bridgehead atoms. The molecule has 1 fully saturated rings. The minimum absolute atomic E-state index is 0.0902. The predicted octanol–water partition coefficient (Wildman–Crippen LogP) is 6.02. The molecule has 1 N–H and O–H groups in total. The number of methoxy groups -OCH3 is 1. The Balaban J connectivity index is 2.13. The molecule has 0 aliphatic heterocycles. The van der Waals surface area contributed by atoms with Crippen LogP contribution in [0.2, 0.25) is 0 Å². The molecule has 2 atom stereocenters. The summed E-state index contributed by atoms with van der Waals surface area (Å²) < 4.78 is 5.43. The summed E-state index contributed by atoms with van der Waals surface area (Å²) in [5, 5.41) is 12.4. The summed E-state index contributed by atoms with van der Waals surface area (Å²) in [7, 11) is 5.89. The Morgan fingerprint density at radius 2 is 1.81 bits per heavy atom. The highest BCUT2D eigenvalue weighted by Gasteiger charge is 2.43. The van der Waals surface area contributed by atoms with Crippen molar-refractivity contribution in [3.63, 3.8) is 0 Å². The van der Waals surface area contributed by atoms with Crippen molar-refractivity contribution in [1.29, 1.82) is 0 Å². The molecule has 0 spiro atoms. The summed E-state index contributed by atoms with van der Waals surface area (Å²) in [5.41, 5.74) is 3.57. The largest absolute Gasteiger partial charge is 0.497 e. The Bertz CT molecular complexity index is 892. The molecule has 0 saturated heterocycles. The lowest BCUT2D eigenvalue weighted by atomic mass is 9.73. The Kier molecular flexibility index (Phi) is 7.28. The molecule has 31 heavy (non-hydrogen) atoms. The van der Waals surface area contributed by atoms with Crippen molar-refractivity contribution in [2.75, 3.05) is 27.7 Å². The molecule has 2 aromatic carbocycles. The molecule has 3 rings (SSSR count). The van der Waals surface area contributed by atoms with E-state index in [9.17, 15) is 5.11 Å². The van der Waals surface area contributed by atoms with E-state index >= 15 is 0 Å². The highest BCUT2D eigenvalue weighted by atomic mass is 16.5. The van der Waals surface area contributed by atoms with E-state index in [1.165, 1.54) is 5.56 Å². The Labute approximate surface area is 188 Å². The third-order valence-corrected chi connectivity index (χ3v) is 6.54.